The molecule has 0 unspecified atom stereocenters. The molecule has 1 aromatic rings. The molecule has 0 amide bonds. The Morgan fingerprint density at radius 1 is 1.33 bits per heavy atom. The summed E-state index contributed by atoms with van der Waals surface area (Å²) in [6.45, 7) is 5.18. The number of benzene rings is 1. The molecule has 0 radical (unpaired) electrons. The number of hydrogen-bond acceptors (Lipinski definition) is 4. The zero-order valence-electron chi connectivity index (χ0n) is 8.40. The molecule has 0 aromatic heterocycles. The third-order valence-electron chi connectivity index (χ3n) is 1.54. The first-order valence-corrected chi connectivity index (χ1v) is 4.20. The van der Waals surface area contributed by atoms with Gasteiger partial charge in [0.15, 0.2) is 0 Å². The summed E-state index contributed by atoms with van der Waals surface area (Å²) in [7, 11) is 1.81. The second-order valence-electron chi connectivity index (χ2n) is 2.56. The monoisotopic (exact) mass is 211 g/mol. The van der Waals surface area contributed by atoms with E-state index in [0.717, 1.165) is 11.3 Å². The molecule has 5 nitrogen and oxygen atoms in total. The minimum atomic E-state index is 0.201. The van der Waals surface area contributed by atoms with Crippen molar-refractivity contribution in [2.45, 2.75) is 6.61 Å². The maximum absolute atomic E-state index is 8.19. The summed E-state index contributed by atoms with van der Waals surface area (Å²) >= 11 is 0. The van der Waals surface area contributed by atoms with E-state index >= 15 is 0 Å². The van der Waals surface area contributed by atoms with Crippen molar-refractivity contribution < 1.29 is 19.5 Å². The average molecular weight is 211 g/mol. The van der Waals surface area contributed by atoms with Crippen molar-refractivity contribution in [1.29, 1.82) is 0 Å². The van der Waals surface area contributed by atoms with Crippen molar-refractivity contribution in [2.75, 3.05) is 13.8 Å². The van der Waals surface area contributed by atoms with Gasteiger partial charge in [-0.2, -0.15) is 0 Å². The molecule has 0 saturated heterocycles. The van der Waals surface area contributed by atoms with Crippen molar-refractivity contribution in [2.24, 2.45) is 0 Å². The van der Waals surface area contributed by atoms with Crippen LogP contribution < -0.4 is 10.1 Å². The van der Waals surface area contributed by atoms with Gasteiger partial charge in [0.05, 0.1) is 0 Å². The summed E-state index contributed by atoms with van der Waals surface area (Å²) in [6, 6.07) is 7.32. The standard InChI is InChI=1S/C9H13NO3.CO/c1-10-7-12-9-4-2-8(3-5-9)6-13-11;1-2/h2-5,10-11H,6-7H2,1H3;. The molecule has 82 valence electrons. The molecule has 0 fully saturated rings. The van der Waals surface area contributed by atoms with Gasteiger partial charge in [0, 0.05) is 0 Å². The molecule has 0 atom stereocenters. The zero-order chi connectivity index (χ0) is 11.5. The quantitative estimate of drug-likeness (QED) is 0.252. The van der Waals surface area contributed by atoms with Crippen LogP contribution in [0.25, 0.3) is 0 Å². The van der Waals surface area contributed by atoms with E-state index in [1.54, 1.807) is 0 Å². The van der Waals surface area contributed by atoms with Gasteiger partial charge in [0.25, 0.3) is 0 Å². The van der Waals surface area contributed by atoms with Crippen LogP contribution in [0.1, 0.15) is 5.56 Å². The molecule has 0 bridgehead atoms. The average Bonchev–Trinajstić information content (AvgIpc) is 2.31. The second kappa shape index (κ2) is 9.21. The van der Waals surface area contributed by atoms with Crippen LogP contribution in [-0.2, 0) is 16.1 Å². The first-order chi connectivity index (χ1) is 7.36. The molecule has 0 aliphatic carbocycles. The Bertz CT molecular complexity index is 271. The molecular formula is C10H13NO4. The summed E-state index contributed by atoms with van der Waals surface area (Å²) in [4.78, 5) is 4.00. The molecule has 0 aliphatic rings. The first kappa shape index (κ1) is 13.6. The fraction of sp³-hybridized carbons (Fsp3) is 0.300. The van der Waals surface area contributed by atoms with Crippen molar-refractivity contribution in [3.05, 3.63) is 36.5 Å². The summed E-state index contributed by atoms with van der Waals surface area (Å²) in [5.41, 5.74) is 0.902. The van der Waals surface area contributed by atoms with Crippen LogP contribution in [0.15, 0.2) is 24.3 Å². The topological polar surface area (TPSA) is 70.6 Å². The Hall–Kier alpha value is -1.36. The van der Waals surface area contributed by atoms with Gasteiger partial charge < -0.3 is 4.74 Å². The van der Waals surface area contributed by atoms with Crippen LogP contribution in [-0.4, -0.2) is 19.0 Å². The van der Waals surface area contributed by atoms with Gasteiger partial charge in [-0.15, -0.1) is 0 Å². The third-order valence-corrected chi connectivity index (χ3v) is 1.54. The number of ether oxygens (including phenoxy) is 1. The number of nitrogens with one attached hydrogen (secondary N) is 1. The SMILES string of the molecule is CNCOc1ccc(COO)cc1.[C-]#[O+]. The van der Waals surface area contributed by atoms with Crippen LogP contribution in [0, 0.1) is 6.65 Å². The molecule has 0 spiro atoms. The first-order valence-electron chi connectivity index (χ1n) is 4.20. The number of hydrogen-bond donors (Lipinski definition) is 2. The van der Waals surface area contributed by atoms with Crippen LogP contribution in [0.3, 0.4) is 0 Å². The maximum atomic E-state index is 8.19. The van der Waals surface area contributed by atoms with Gasteiger partial charge in [-0.05, 0) is 24.7 Å². The Morgan fingerprint density at radius 3 is 2.40 bits per heavy atom. The Kier molecular flexibility index (Phi) is 8.37. The van der Waals surface area contributed by atoms with E-state index in [0.29, 0.717) is 6.73 Å². The van der Waals surface area contributed by atoms with Crippen molar-refractivity contribution >= 4 is 0 Å². The van der Waals surface area contributed by atoms with E-state index in [2.05, 4.69) is 16.9 Å². The second-order valence-corrected chi connectivity index (χ2v) is 2.56. The molecule has 0 saturated carbocycles. The Morgan fingerprint density at radius 2 is 1.93 bits per heavy atom. The molecule has 0 aliphatic heterocycles. The third kappa shape index (κ3) is 5.85. The fourth-order valence-corrected chi connectivity index (χ4v) is 0.912. The molecule has 2 N–H and O–H groups in total. The predicted octanol–water partition coefficient (Wildman–Crippen LogP) is 1.19. The Balaban J connectivity index is 0.000000921. The van der Waals surface area contributed by atoms with E-state index < -0.39 is 0 Å². The van der Waals surface area contributed by atoms with Gasteiger partial charge in [0.1, 0.15) is 19.1 Å². The van der Waals surface area contributed by atoms with Gasteiger partial charge in [-0.3, -0.25) is 10.6 Å². The summed E-state index contributed by atoms with van der Waals surface area (Å²) in [5, 5.41) is 11.1. The van der Waals surface area contributed by atoms with Crippen LogP contribution in [0.4, 0.5) is 0 Å². The number of rotatable bonds is 5. The van der Waals surface area contributed by atoms with Gasteiger partial charge >= 0.3 is 11.3 Å². The van der Waals surface area contributed by atoms with E-state index in [1.807, 2.05) is 31.3 Å². The van der Waals surface area contributed by atoms with E-state index in [9.17, 15) is 0 Å². The van der Waals surface area contributed by atoms with E-state index in [1.165, 1.54) is 0 Å². The molecular weight excluding hydrogens is 198 g/mol. The van der Waals surface area contributed by atoms with Crippen LogP contribution in [0.2, 0.25) is 0 Å². The van der Waals surface area contributed by atoms with Gasteiger partial charge in [-0.1, -0.05) is 12.1 Å². The Labute approximate surface area is 88.3 Å². The van der Waals surface area contributed by atoms with Crippen LogP contribution >= 0.6 is 0 Å². The molecule has 0 heterocycles. The predicted molar refractivity (Wildman–Crippen MR) is 52.3 cm³/mol. The minimum absolute atomic E-state index is 0.201. The van der Waals surface area contributed by atoms with Crippen molar-refractivity contribution in [3.63, 3.8) is 0 Å². The zero-order valence-corrected chi connectivity index (χ0v) is 8.40. The molecule has 1 rings (SSSR count). The summed E-state index contributed by atoms with van der Waals surface area (Å²) < 4.78 is 12.8. The molecule has 5 heteroatoms. The fourth-order valence-electron chi connectivity index (χ4n) is 0.912. The van der Waals surface area contributed by atoms with Crippen molar-refractivity contribution in [3.8, 4) is 5.75 Å². The molecule has 15 heavy (non-hydrogen) atoms. The van der Waals surface area contributed by atoms with Crippen molar-refractivity contribution in [1.82, 2.24) is 5.32 Å². The summed E-state index contributed by atoms with van der Waals surface area (Å²) in [5.74, 6) is 0.788. The van der Waals surface area contributed by atoms with E-state index in [-0.39, 0.29) is 6.61 Å². The molecule has 1 aromatic carbocycles. The normalized spacial score (nSPS) is 8.80. The summed E-state index contributed by atoms with van der Waals surface area (Å²) in [6.07, 6.45) is 0. The van der Waals surface area contributed by atoms with Gasteiger partial charge in [-0.25, -0.2) is 4.89 Å². The van der Waals surface area contributed by atoms with E-state index in [4.69, 9.17) is 14.6 Å². The van der Waals surface area contributed by atoms with Gasteiger partial charge in [0.2, 0.25) is 0 Å². The van der Waals surface area contributed by atoms with Crippen LogP contribution in [0.5, 0.6) is 5.75 Å².